The monoisotopic (exact) mass is 183 g/mol. The Morgan fingerprint density at radius 1 is 1.45 bits per heavy atom. The molecule has 0 aromatic rings. The highest BCUT2D eigenvalue weighted by molar-refractivity contribution is 8.17. The molecule has 0 aliphatic rings. The van der Waals surface area contributed by atoms with Crippen molar-refractivity contribution in [1.29, 1.82) is 0 Å². The second-order valence-corrected chi connectivity index (χ2v) is 3.12. The van der Waals surface area contributed by atoms with E-state index >= 15 is 0 Å². The highest BCUT2D eigenvalue weighted by Crippen LogP contribution is 2.28. The average Bonchev–Trinajstić information content (AvgIpc) is 1.79. The van der Waals surface area contributed by atoms with Crippen LogP contribution in [0.15, 0.2) is 16.5 Å². The van der Waals surface area contributed by atoms with Crippen LogP contribution in [-0.2, 0) is 0 Å². The van der Waals surface area contributed by atoms with Gasteiger partial charge in [-0.3, -0.25) is 4.99 Å². The van der Waals surface area contributed by atoms with Crippen LogP contribution in [0.3, 0.4) is 0 Å². The van der Waals surface area contributed by atoms with Crippen LogP contribution in [0.1, 0.15) is 6.92 Å². The van der Waals surface area contributed by atoms with Gasteiger partial charge < -0.3 is 0 Å². The van der Waals surface area contributed by atoms with Crippen molar-refractivity contribution in [2.75, 3.05) is 7.05 Å². The van der Waals surface area contributed by atoms with Gasteiger partial charge in [0.15, 0.2) is 5.04 Å². The van der Waals surface area contributed by atoms with Crippen LogP contribution in [0.5, 0.6) is 0 Å². The van der Waals surface area contributed by atoms with Crippen LogP contribution >= 0.6 is 11.8 Å². The summed E-state index contributed by atoms with van der Waals surface area (Å²) in [5.74, 6) is 0. The largest absolute Gasteiger partial charge is 0.439 e. The normalized spacial score (nSPS) is 13.4. The van der Waals surface area contributed by atoms with Gasteiger partial charge in [0, 0.05) is 7.05 Å². The molecule has 0 aromatic heterocycles. The minimum Gasteiger partial charge on any atom is -0.277 e. The summed E-state index contributed by atoms with van der Waals surface area (Å²) < 4.78 is 35.7. The van der Waals surface area contributed by atoms with Crippen molar-refractivity contribution in [2.45, 2.75) is 13.1 Å². The molecule has 0 rings (SSSR count). The molecule has 0 amide bonds. The Hall–Kier alpha value is -0.450. The van der Waals surface area contributed by atoms with Crippen molar-refractivity contribution in [2.24, 2.45) is 4.99 Å². The molecule has 0 aromatic carbocycles. The third kappa shape index (κ3) is 4.08. The van der Waals surface area contributed by atoms with E-state index < -0.39 is 11.2 Å². The number of rotatable bonds is 1. The molecule has 0 saturated heterocycles. The van der Waals surface area contributed by atoms with Crippen molar-refractivity contribution in [1.82, 2.24) is 0 Å². The second kappa shape index (κ2) is 3.80. The predicted molar refractivity (Wildman–Crippen MR) is 41.8 cm³/mol. The van der Waals surface area contributed by atoms with Gasteiger partial charge in [-0.15, -0.1) is 0 Å². The number of thioether (sulfide) groups is 1. The SMILES string of the molecule is C=C(C)SC(=NC)C(F)(F)F. The number of nitrogens with zero attached hydrogens (tertiary/aromatic N) is 1. The van der Waals surface area contributed by atoms with Gasteiger partial charge in [-0.05, 0) is 11.8 Å². The maximum Gasteiger partial charge on any atom is 0.439 e. The Bertz CT molecular complexity index is 183. The van der Waals surface area contributed by atoms with Crippen LogP contribution in [0.2, 0.25) is 0 Å². The van der Waals surface area contributed by atoms with Gasteiger partial charge in [-0.1, -0.05) is 18.3 Å². The van der Waals surface area contributed by atoms with E-state index in [-0.39, 0.29) is 0 Å². The number of halogens is 3. The Labute approximate surface area is 67.4 Å². The van der Waals surface area contributed by atoms with E-state index in [1.807, 2.05) is 0 Å². The van der Waals surface area contributed by atoms with Gasteiger partial charge in [0.1, 0.15) is 0 Å². The zero-order valence-electron chi connectivity index (χ0n) is 6.20. The molecule has 0 unspecified atom stereocenters. The maximum atomic E-state index is 11.9. The van der Waals surface area contributed by atoms with Crippen molar-refractivity contribution < 1.29 is 13.2 Å². The summed E-state index contributed by atoms with van der Waals surface area (Å²) >= 11 is 0.537. The first-order valence-electron chi connectivity index (χ1n) is 2.75. The number of aliphatic imine (C=N–C) groups is 1. The molecule has 0 aliphatic heterocycles. The molecular formula is C6H8F3NS. The first kappa shape index (κ1) is 10.6. The van der Waals surface area contributed by atoms with Gasteiger partial charge in [-0.25, -0.2) is 0 Å². The van der Waals surface area contributed by atoms with Crippen LogP contribution < -0.4 is 0 Å². The summed E-state index contributed by atoms with van der Waals surface area (Å²) in [6, 6.07) is 0. The molecule has 0 heterocycles. The topological polar surface area (TPSA) is 12.4 Å². The fourth-order valence-electron chi connectivity index (χ4n) is 0.395. The molecular weight excluding hydrogens is 175 g/mol. The van der Waals surface area contributed by atoms with Crippen molar-refractivity contribution in [3.63, 3.8) is 0 Å². The van der Waals surface area contributed by atoms with E-state index in [9.17, 15) is 13.2 Å². The summed E-state index contributed by atoms with van der Waals surface area (Å²) in [5.41, 5.74) is 0. The van der Waals surface area contributed by atoms with Crippen LogP contribution in [0.25, 0.3) is 0 Å². The summed E-state index contributed by atoms with van der Waals surface area (Å²) in [4.78, 5) is 3.47. The van der Waals surface area contributed by atoms with E-state index in [4.69, 9.17) is 0 Å². The smallest absolute Gasteiger partial charge is 0.277 e. The molecule has 64 valence electrons. The highest BCUT2D eigenvalue weighted by Gasteiger charge is 2.35. The highest BCUT2D eigenvalue weighted by atomic mass is 32.2. The lowest BCUT2D eigenvalue weighted by molar-refractivity contribution is -0.0554. The average molecular weight is 183 g/mol. The van der Waals surface area contributed by atoms with Gasteiger partial charge in [0.2, 0.25) is 0 Å². The molecule has 0 bridgehead atoms. The lowest BCUT2D eigenvalue weighted by atomic mass is 10.7. The molecule has 0 aliphatic carbocycles. The predicted octanol–water partition coefficient (Wildman–Crippen LogP) is 2.84. The minimum absolute atomic E-state index is 0.378. The van der Waals surface area contributed by atoms with Crippen LogP contribution in [-0.4, -0.2) is 18.3 Å². The standard InChI is InChI=1S/C6H8F3NS/c1-4(2)11-5(10-3)6(7,8)9/h1H2,2-3H3. The number of allylic oxidation sites excluding steroid dienone is 1. The molecule has 0 radical (unpaired) electrons. The summed E-state index contributed by atoms with van der Waals surface area (Å²) in [6.45, 7) is 4.84. The van der Waals surface area contributed by atoms with Crippen molar-refractivity contribution in [3.05, 3.63) is 11.5 Å². The van der Waals surface area contributed by atoms with E-state index in [2.05, 4.69) is 11.6 Å². The molecule has 0 saturated carbocycles. The molecule has 1 nitrogen and oxygen atoms in total. The minimum atomic E-state index is -4.35. The van der Waals surface area contributed by atoms with E-state index in [1.165, 1.54) is 6.92 Å². The van der Waals surface area contributed by atoms with E-state index in [0.717, 1.165) is 7.05 Å². The second-order valence-electron chi connectivity index (χ2n) is 1.83. The summed E-state index contributed by atoms with van der Waals surface area (Å²) in [7, 11) is 1.11. The van der Waals surface area contributed by atoms with Gasteiger partial charge >= 0.3 is 6.18 Å². The number of alkyl halides is 3. The molecule has 0 spiro atoms. The lowest BCUT2D eigenvalue weighted by Gasteiger charge is -2.07. The molecule has 0 atom stereocenters. The summed E-state index contributed by atoms with van der Waals surface area (Å²) in [6.07, 6.45) is -4.35. The maximum absolute atomic E-state index is 11.9. The fraction of sp³-hybridized carbons (Fsp3) is 0.500. The first-order valence-corrected chi connectivity index (χ1v) is 3.57. The lowest BCUT2D eigenvalue weighted by Crippen LogP contribution is -2.19. The Morgan fingerprint density at radius 3 is 2.00 bits per heavy atom. The molecule has 0 fully saturated rings. The Kier molecular flexibility index (Phi) is 3.65. The van der Waals surface area contributed by atoms with Gasteiger partial charge in [-0.2, -0.15) is 13.2 Å². The number of hydrogen-bond acceptors (Lipinski definition) is 2. The van der Waals surface area contributed by atoms with Crippen LogP contribution in [0.4, 0.5) is 13.2 Å². The Morgan fingerprint density at radius 2 is 1.91 bits per heavy atom. The van der Waals surface area contributed by atoms with Crippen molar-refractivity contribution >= 4 is 16.8 Å². The third-order valence-electron chi connectivity index (χ3n) is 0.716. The molecule has 11 heavy (non-hydrogen) atoms. The number of hydrogen-bond donors (Lipinski definition) is 0. The Balaban J connectivity index is 4.33. The first-order chi connectivity index (χ1) is 4.88. The van der Waals surface area contributed by atoms with Gasteiger partial charge in [0.25, 0.3) is 0 Å². The van der Waals surface area contributed by atoms with Gasteiger partial charge in [0.05, 0.1) is 0 Å². The zero-order valence-corrected chi connectivity index (χ0v) is 7.01. The van der Waals surface area contributed by atoms with E-state index in [0.29, 0.717) is 16.7 Å². The van der Waals surface area contributed by atoms with Crippen LogP contribution in [0, 0.1) is 0 Å². The fourth-order valence-corrected chi connectivity index (χ4v) is 0.932. The zero-order chi connectivity index (χ0) is 9.07. The van der Waals surface area contributed by atoms with E-state index in [1.54, 1.807) is 0 Å². The molecule has 5 heteroatoms. The van der Waals surface area contributed by atoms with Crippen molar-refractivity contribution in [3.8, 4) is 0 Å². The quantitative estimate of drug-likeness (QED) is 0.449. The third-order valence-corrected chi connectivity index (χ3v) is 1.67. The summed E-state index contributed by atoms with van der Waals surface area (Å²) in [5, 5.41) is -0.856. The molecule has 0 N–H and O–H groups in total.